The van der Waals surface area contributed by atoms with Crippen LogP contribution in [-0.4, -0.2) is 38.1 Å². The normalized spacial score (nSPS) is 34.2. The zero-order valence-electron chi connectivity index (χ0n) is 10.3. The highest BCUT2D eigenvalue weighted by atomic mass is 15.1. The predicted molar refractivity (Wildman–Crippen MR) is 65.0 cm³/mol. The number of rotatable bonds is 6. The molecule has 2 nitrogen and oxygen atoms in total. The quantitative estimate of drug-likeness (QED) is 0.674. The molecule has 0 saturated heterocycles. The van der Waals surface area contributed by atoms with Gasteiger partial charge in [-0.1, -0.05) is 19.8 Å². The third-order valence-electron chi connectivity index (χ3n) is 4.28. The third kappa shape index (κ3) is 2.94. The van der Waals surface area contributed by atoms with E-state index in [4.69, 9.17) is 0 Å². The summed E-state index contributed by atoms with van der Waals surface area (Å²) in [7, 11) is 2.28. The SMILES string of the molecule is CCNCCN(C)CC1C2CCCCC21. The second kappa shape index (κ2) is 5.31. The van der Waals surface area contributed by atoms with Crippen molar-refractivity contribution in [2.75, 3.05) is 33.2 Å². The smallest absolute Gasteiger partial charge is 0.0104 e. The molecule has 2 atom stereocenters. The van der Waals surface area contributed by atoms with Crippen molar-refractivity contribution in [1.82, 2.24) is 10.2 Å². The van der Waals surface area contributed by atoms with Crippen LogP contribution < -0.4 is 5.32 Å². The van der Waals surface area contributed by atoms with Crippen molar-refractivity contribution in [3.8, 4) is 0 Å². The Labute approximate surface area is 94.4 Å². The summed E-state index contributed by atoms with van der Waals surface area (Å²) >= 11 is 0. The second-order valence-electron chi connectivity index (χ2n) is 5.39. The Balaban J connectivity index is 1.61. The summed E-state index contributed by atoms with van der Waals surface area (Å²) in [6, 6.07) is 0. The van der Waals surface area contributed by atoms with E-state index in [-0.39, 0.29) is 0 Å². The topological polar surface area (TPSA) is 15.3 Å². The van der Waals surface area contributed by atoms with Crippen LogP contribution in [0.5, 0.6) is 0 Å². The number of likely N-dealkylation sites (N-methyl/N-ethyl adjacent to an activating group) is 2. The van der Waals surface area contributed by atoms with Crippen molar-refractivity contribution in [3.63, 3.8) is 0 Å². The third-order valence-corrected chi connectivity index (χ3v) is 4.28. The fraction of sp³-hybridized carbons (Fsp3) is 1.00. The molecular formula is C13H26N2. The predicted octanol–water partition coefficient (Wildman–Crippen LogP) is 1.96. The van der Waals surface area contributed by atoms with E-state index in [1.165, 1.54) is 38.8 Å². The molecule has 0 bridgehead atoms. The minimum Gasteiger partial charge on any atom is -0.316 e. The lowest BCUT2D eigenvalue weighted by atomic mass is 10.0. The van der Waals surface area contributed by atoms with Crippen LogP contribution in [0.1, 0.15) is 32.6 Å². The van der Waals surface area contributed by atoms with Gasteiger partial charge in [-0.25, -0.2) is 0 Å². The van der Waals surface area contributed by atoms with E-state index in [1.807, 2.05) is 0 Å². The number of fused-ring (bicyclic) bond motifs is 1. The van der Waals surface area contributed by atoms with E-state index in [2.05, 4.69) is 24.2 Å². The Kier molecular flexibility index (Phi) is 4.04. The van der Waals surface area contributed by atoms with Gasteiger partial charge in [0.1, 0.15) is 0 Å². The van der Waals surface area contributed by atoms with E-state index in [9.17, 15) is 0 Å². The summed E-state index contributed by atoms with van der Waals surface area (Å²) in [5, 5.41) is 3.39. The molecule has 2 aliphatic rings. The summed E-state index contributed by atoms with van der Waals surface area (Å²) in [5.41, 5.74) is 0. The summed E-state index contributed by atoms with van der Waals surface area (Å²) in [4.78, 5) is 2.52. The van der Waals surface area contributed by atoms with Crippen LogP contribution in [-0.2, 0) is 0 Å². The maximum Gasteiger partial charge on any atom is 0.0104 e. The number of hydrogen-bond acceptors (Lipinski definition) is 2. The van der Waals surface area contributed by atoms with Gasteiger partial charge in [-0.2, -0.15) is 0 Å². The molecule has 0 aromatic carbocycles. The average molecular weight is 210 g/mol. The Bertz CT molecular complexity index is 181. The van der Waals surface area contributed by atoms with E-state index in [0.717, 1.165) is 30.8 Å². The van der Waals surface area contributed by atoms with Gasteiger partial charge in [-0.05, 0) is 44.2 Å². The highest BCUT2D eigenvalue weighted by Gasteiger charge is 2.50. The van der Waals surface area contributed by atoms with E-state index in [0.29, 0.717) is 0 Å². The summed E-state index contributed by atoms with van der Waals surface area (Å²) in [5.74, 6) is 3.28. The van der Waals surface area contributed by atoms with Gasteiger partial charge in [-0.3, -0.25) is 0 Å². The molecule has 0 aromatic rings. The summed E-state index contributed by atoms with van der Waals surface area (Å²) in [6.07, 6.45) is 6.05. The van der Waals surface area contributed by atoms with Crippen molar-refractivity contribution in [2.45, 2.75) is 32.6 Å². The van der Waals surface area contributed by atoms with Crippen molar-refractivity contribution >= 4 is 0 Å². The maximum atomic E-state index is 3.39. The van der Waals surface area contributed by atoms with Crippen molar-refractivity contribution < 1.29 is 0 Å². The molecule has 15 heavy (non-hydrogen) atoms. The average Bonchev–Trinajstić information content (AvgIpc) is 2.93. The van der Waals surface area contributed by atoms with Gasteiger partial charge in [0.2, 0.25) is 0 Å². The molecule has 1 N–H and O–H groups in total. The van der Waals surface area contributed by atoms with Gasteiger partial charge < -0.3 is 10.2 Å². The summed E-state index contributed by atoms with van der Waals surface area (Å²) < 4.78 is 0. The van der Waals surface area contributed by atoms with Gasteiger partial charge in [0, 0.05) is 19.6 Å². The minimum absolute atomic E-state index is 1.05. The first-order valence-electron chi connectivity index (χ1n) is 6.72. The van der Waals surface area contributed by atoms with Crippen LogP contribution >= 0.6 is 0 Å². The Morgan fingerprint density at radius 1 is 1.20 bits per heavy atom. The van der Waals surface area contributed by atoms with Gasteiger partial charge in [0.15, 0.2) is 0 Å². The van der Waals surface area contributed by atoms with Gasteiger partial charge in [0.05, 0.1) is 0 Å². The molecule has 0 spiro atoms. The lowest BCUT2D eigenvalue weighted by molar-refractivity contribution is 0.308. The van der Waals surface area contributed by atoms with Gasteiger partial charge in [0.25, 0.3) is 0 Å². The van der Waals surface area contributed by atoms with Crippen LogP contribution in [0, 0.1) is 17.8 Å². The fourth-order valence-electron chi connectivity index (χ4n) is 3.31. The Morgan fingerprint density at radius 2 is 1.87 bits per heavy atom. The second-order valence-corrected chi connectivity index (χ2v) is 5.39. The van der Waals surface area contributed by atoms with Crippen molar-refractivity contribution in [1.29, 1.82) is 0 Å². The molecule has 2 rings (SSSR count). The molecule has 0 amide bonds. The van der Waals surface area contributed by atoms with Gasteiger partial charge in [-0.15, -0.1) is 0 Å². The van der Waals surface area contributed by atoms with E-state index >= 15 is 0 Å². The molecule has 2 unspecified atom stereocenters. The van der Waals surface area contributed by atoms with Crippen LogP contribution in [0.25, 0.3) is 0 Å². The standard InChI is InChI=1S/C13H26N2/c1-3-14-8-9-15(2)10-13-11-6-4-5-7-12(11)13/h11-14H,3-10H2,1-2H3. The largest absolute Gasteiger partial charge is 0.316 e. The molecule has 0 heterocycles. The van der Waals surface area contributed by atoms with Crippen molar-refractivity contribution in [3.05, 3.63) is 0 Å². The van der Waals surface area contributed by atoms with Crippen LogP contribution in [0.15, 0.2) is 0 Å². The first kappa shape index (κ1) is 11.4. The highest BCUT2D eigenvalue weighted by Crippen LogP contribution is 2.55. The highest BCUT2D eigenvalue weighted by molar-refractivity contribution is 4.99. The van der Waals surface area contributed by atoms with E-state index < -0.39 is 0 Å². The van der Waals surface area contributed by atoms with Crippen LogP contribution in [0.2, 0.25) is 0 Å². The lowest BCUT2D eigenvalue weighted by Crippen LogP contribution is -2.30. The summed E-state index contributed by atoms with van der Waals surface area (Å²) in [6.45, 7) is 6.98. The molecule has 2 aliphatic carbocycles. The van der Waals surface area contributed by atoms with Crippen LogP contribution in [0.3, 0.4) is 0 Å². The first-order chi connectivity index (χ1) is 7.33. The maximum absolute atomic E-state index is 3.39. The molecule has 88 valence electrons. The van der Waals surface area contributed by atoms with Crippen LogP contribution in [0.4, 0.5) is 0 Å². The van der Waals surface area contributed by atoms with Crippen molar-refractivity contribution in [2.24, 2.45) is 17.8 Å². The first-order valence-corrected chi connectivity index (χ1v) is 6.72. The molecule has 0 radical (unpaired) electrons. The Morgan fingerprint density at radius 3 is 2.47 bits per heavy atom. The molecule has 0 aliphatic heterocycles. The molecule has 2 saturated carbocycles. The molecular weight excluding hydrogens is 184 g/mol. The molecule has 2 heteroatoms. The lowest BCUT2D eigenvalue weighted by Gasteiger charge is -2.16. The minimum atomic E-state index is 1.05. The van der Waals surface area contributed by atoms with E-state index in [1.54, 1.807) is 0 Å². The number of hydrogen-bond donors (Lipinski definition) is 1. The molecule has 0 aromatic heterocycles. The zero-order chi connectivity index (χ0) is 10.7. The van der Waals surface area contributed by atoms with Gasteiger partial charge >= 0.3 is 0 Å². The number of nitrogens with one attached hydrogen (secondary N) is 1. The Hall–Kier alpha value is -0.0800. The molecule has 2 fully saturated rings. The fourth-order valence-corrected chi connectivity index (χ4v) is 3.31. The number of nitrogens with zero attached hydrogens (tertiary/aromatic N) is 1. The monoisotopic (exact) mass is 210 g/mol. The zero-order valence-corrected chi connectivity index (χ0v) is 10.3.